The third-order valence-electron chi connectivity index (χ3n) is 6.14. The summed E-state index contributed by atoms with van der Waals surface area (Å²) in [6.45, 7) is 3.40. The Morgan fingerprint density at radius 3 is 2.29 bits per heavy atom. The van der Waals surface area contributed by atoms with Crippen LogP contribution in [0.5, 0.6) is 0 Å². The number of piperidine rings is 1. The number of hydrogen-bond donors (Lipinski definition) is 1. The Balaban J connectivity index is 1.38. The fourth-order valence-electron chi connectivity index (χ4n) is 3.91. The van der Waals surface area contributed by atoms with Gasteiger partial charge in [0.25, 0.3) is 5.91 Å². The van der Waals surface area contributed by atoms with Crippen LogP contribution < -0.4 is 4.72 Å². The Bertz CT molecular complexity index is 1070. The van der Waals surface area contributed by atoms with E-state index in [1.165, 1.54) is 12.1 Å². The van der Waals surface area contributed by atoms with E-state index in [0.717, 1.165) is 18.4 Å². The zero-order valence-electron chi connectivity index (χ0n) is 17.7. The first-order chi connectivity index (χ1) is 14.8. The molecule has 0 spiro atoms. The first-order valence-corrected chi connectivity index (χ1v) is 12.3. The molecule has 31 heavy (non-hydrogen) atoms. The largest absolute Gasteiger partial charge is 0.339 e. The smallest absolute Gasteiger partial charge is 0.253 e. The average Bonchev–Trinajstić information content (AvgIpc) is 3.62. The fourth-order valence-corrected chi connectivity index (χ4v) is 5.07. The Hall–Kier alpha value is -2.51. The SMILES string of the molecule is Cc1ccc(C(=O)C2CCN(C(=O)c3cccc(S(=O)(=O)NCC4CC4)c3)CC2)cc1. The van der Waals surface area contributed by atoms with Crippen molar-refractivity contribution >= 4 is 21.7 Å². The number of ketones is 1. The van der Waals surface area contributed by atoms with Crippen LogP contribution in [-0.2, 0) is 10.0 Å². The van der Waals surface area contributed by atoms with Gasteiger partial charge < -0.3 is 4.90 Å². The van der Waals surface area contributed by atoms with Gasteiger partial charge >= 0.3 is 0 Å². The number of nitrogens with zero attached hydrogens (tertiary/aromatic N) is 1. The Kier molecular flexibility index (Phi) is 6.25. The second-order valence-electron chi connectivity index (χ2n) is 8.62. The number of rotatable bonds is 7. The van der Waals surface area contributed by atoms with Crippen LogP contribution in [0.25, 0.3) is 0 Å². The summed E-state index contributed by atoms with van der Waals surface area (Å²) < 4.78 is 27.7. The van der Waals surface area contributed by atoms with Gasteiger partial charge in [0.2, 0.25) is 10.0 Å². The van der Waals surface area contributed by atoms with Gasteiger partial charge in [-0.3, -0.25) is 9.59 Å². The lowest BCUT2D eigenvalue weighted by molar-refractivity contribution is 0.0650. The second-order valence-corrected chi connectivity index (χ2v) is 10.4. The molecule has 2 aromatic rings. The molecular weight excluding hydrogens is 412 g/mol. The number of sulfonamides is 1. The molecule has 6 nitrogen and oxygen atoms in total. The van der Waals surface area contributed by atoms with Gasteiger partial charge in [-0.15, -0.1) is 0 Å². The highest BCUT2D eigenvalue weighted by Crippen LogP contribution is 2.28. The van der Waals surface area contributed by atoms with E-state index in [2.05, 4.69) is 4.72 Å². The number of benzene rings is 2. The standard InChI is InChI=1S/C24H28N2O4S/c1-17-5-9-19(10-6-17)23(27)20-11-13-26(14-12-20)24(28)21-3-2-4-22(15-21)31(29,30)25-16-18-7-8-18/h2-6,9-10,15,18,20,25H,7-8,11-14,16H2,1H3. The lowest BCUT2D eigenvalue weighted by Crippen LogP contribution is -2.40. The van der Waals surface area contributed by atoms with Gasteiger partial charge in [0.05, 0.1) is 4.90 Å². The Morgan fingerprint density at radius 2 is 1.65 bits per heavy atom. The van der Waals surface area contributed by atoms with E-state index in [-0.39, 0.29) is 22.5 Å². The second kappa shape index (κ2) is 8.93. The van der Waals surface area contributed by atoms with Gasteiger partial charge in [0, 0.05) is 36.7 Å². The van der Waals surface area contributed by atoms with Crippen molar-refractivity contribution in [1.29, 1.82) is 0 Å². The van der Waals surface area contributed by atoms with E-state index < -0.39 is 10.0 Å². The van der Waals surface area contributed by atoms with Crippen LogP contribution in [0.1, 0.15) is 52.0 Å². The molecule has 1 saturated heterocycles. The summed E-state index contributed by atoms with van der Waals surface area (Å²) in [6, 6.07) is 13.8. The molecule has 164 valence electrons. The molecule has 0 atom stereocenters. The van der Waals surface area contributed by atoms with Crippen LogP contribution in [0.2, 0.25) is 0 Å². The van der Waals surface area contributed by atoms with E-state index in [1.54, 1.807) is 17.0 Å². The van der Waals surface area contributed by atoms with Crippen LogP contribution in [-0.4, -0.2) is 44.6 Å². The lowest BCUT2D eigenvalue weighted by atomic mass is 9.88. The van der Waals surface area contributed by atoms with Gasteiger partial charge in [0.1, 0.15) is 0 Å². The number of carbonyl (C=O) groups is 2. The van der Waals surface area contributed by atoms with E-state index in [0.29, 0.717) is 49.5 Å². The Morgan fingerprint density at radius 1 is 0.968 bits per heavy atom. The molecule has 1 saturated carbocycles. The normalized spacial score (nSPS) is 17.5. The molecule has 0 unspecified atom stereocenters. The maximum atomic E-state index is 13.0. The quantitative estimate of drug-likeness (QED) is 0.669. The summed E-state index contributed by atoms with van der Waals surface area (Å²) in [4.78, 5) is 27.5. The maximum absolute atomic E-state index is 13.0. The van der Waals surface area contributed by atoms with Crippen molar-refractivity contribution in [3.05, 3.63) is 65.2 Å². The molecule has 1 aliphatic carbocycles. The highest BCUT2D eigenvalue weighted by molar-refractivity contribution is 7.89. The van der Waals surface area contributed by atoms with Crippen LogP contribution in [0.3, 0.4) is 0 Å². The minimum absolute atomic E-state index is 0.0925. The van der Waals surface area contributed by atoms with Crippen LogP contribution in [0.15, 0.2) is 53.4 Å². The van der Waals surface area contributed by atoms with Crippen molar-refractivity contribution in [2.45, 2.75) is 37.5 Å². The predicted octanol–water partition coefficient (Wildman–Crippen LogP) is 3.42. The van der Waals surface area contributed by atoms with Crippen molar-refractivity contribution in [1.82, 2.24) is 9.62 Å². The minimum atomic E-state index is -3.62. The Labute approximate surface area is 183 Å². The molecule has 4 rings (SSSR count). The van der Waals surface area contributed by atoms with E-state index in [1.807, 2.05) is 31.2 Å². The number of likely N-dealkylation sites (tertiary alicyclic amines) is 1. The molecule has 1 aliphatic heterocycles. The third kappa shape index (κ3) is 5.22. The van der Waals surface area contributed by atoms with E-state index >= 15 is 0 Å². The topological polar surface area (TPSA) is 83.6 Å². The summed E-state index contributed by atoms with van der Waals surface area (Å²) in [5.74, 6) is 0.274. The molecule has 0 bridgehead atoms. The average molecular weight is 441 g/mol. The van der Waals surface area contributed by atoms with Crippen molar-refractivity contribution < 1.29 is 18.0 Å². The summed E-state index contributed by atoms with van der Waals surface area (Å²) in [5, 5.41) is 0. The first kappa shape index (κ1) is 21.7. The fraction of sp³-hybridized carbons (Fsp3) is 0.417. The van der Waals surface area contributed by atoms with Crippen LogP contribution >= 0.6 is 0 Å². The first-order valence-electron chi connectivity index (χ1n) is 10.8. The summed E-state index contributed by atoms with van der Waals surface area (Å²) >= 11 is 0. The predicted molar refractivity (Wildman–Crippen MR) is 118 cm³/mol. The molecule has 2 aliphatic rings. The van der Waals surface area contributed by atoms with Crippen LogP contribution in [0.4, 0.5) is 0 Å². The third-order valence-corrected chi connectivity index (χ3v) is 7.56. The summed E-state index contributed by atoms with van der Waals surface area (Å²) in [5.41, 5.74) is 2.19. The monoisotopic (exact) mass is 440 g/mol. The number of Topliss-reactive ketones (excluding diaryl/α,β-unsaturated/α-hetero) is 1. The van der Waals surface area contributed by atoms with Gasteiger partial charge in [0.15, 0.2) is 5.78 Å². The van der Waals surface area contributed by atoms with E-state index in [4.69, 9.17) is 0 Å². The maximum Gasteiger partial charge on any atom is 0.253 e. The van der Waals surface area contributed by atoms with Crippen molar-refractivity contribution in [2.24, 2.45) is 11.8 Å². The summed E-state index contributed by atoms with van der Waals surface area (Å²) in [6.07, 6.45) is 3.34. The van der Waals surface area contributed by atoms with Crippen LogP contribution in [0, 0.1) is 18.8 Å². The number of nitrogens with one attached hydrogen (secondary N) is 1. The molecule has 1 amide bonds. The lowest BCUT2D eigenvalue weighted by Gasteiger charge is -2.31. The molecule has 7 heteroatoms. The molecule has 2 fully saturated rings. The zero-order chi connectivity index (χ0) is 22.0. The number of amides is 1. The number of carbonyl (C=O) groups excluding carboxylic acids is 2. The molecule has 2 aromatic carbocycles. The van der Waals surface area contributed by atoms with Gasteiger partial charge in [-0.05, 0) is 56.7 Å². The molecule has 1 heterocycles. The van der Waals surface area contributed by atoms with Crippen molar-refractivity contribution in [3.8, 4) is 0 Å². The minimum Gasteiger partial charge on any atom is -0.339 e. The molecule has 0 radical (unpaired) electrons. The van der Waals surface area contributed by atoms with Crippen molar-refractivity contribution in [3.63, 3.8) is 0 Å². The number of aryl methyl sites for hydroxylation is 1. The van der Waals surface area contributed by atoms with Gasteiger partial charge in [-0.2, -0.15) is 0 Å². The molecule has 0 aromatic heterocycles. The number of hydrogen-bond acceptors (Lipinski definition) is 4. The highest BCUT2D eigenvalue weighted by atomic mass is 32.2. The summed E-state index contributed by atoms with van der Waals surface area (Å²) in [7, 11) is -3.62. The molecular formula is C24H28N2O4S. The van der Waals surface area contributed by atoms with Gasteiger partial charge in [-0.1, -0.05) is 35.9 Å². The highest BCUT2D eigenvalue weighted by Gasteiger charge is 2.29. The van der Waals surface area contributed by atoms with E-state index in [9.17, 15) is 18.0 Å². The zero-order valence-corrected chi connectivity index (χ0v) is 18.5. The molecule has 1 N–H and O–H groups in total. The van der Waals surface area contributed by atoms with Gasteiger partial charge in [-0.25, -0.2) is 13.1 Å². The van der Waals surface area contributed by atoms with Crippen molar-refractivity contribution in [2.75, 3.05) is 19.6 Å².